The molecule has 0 saturated carbocycles. The van der Waals surface area contributed by atoms with E-state index in [-0.39, 0.29) is 11.3 Å². The zero-order valence-electron chi connectivity index (χ0n) is 9.40. The average Bonchev–Trinajstić information content (AvgIpc) is 2.25. The lowest BCUT2D eigenvalue weighted by molar-refractivity contribution is -0.143. The molecular formula is C13H15NO2. The number of carbonyl (C=O) groups is 1. The van der Waals surface area contributed by atoms with Gasteiger partial charge in [0.15, 0.2) is 0 Å². The van der Waals surface area contributed by atoms with Gasteiger partial charge >= 0.3 is 0 Å². The van der Waals surface area contributed by atoms with E-state index in [0.717, 1.165) is 31.9 Å². The molecule has 0 bridgehead atoms. The topological polar surface area (TPSA) is 29.5 Å². The van der Waals surface area contributed by atoms with Gasteiger partial charge in [-0.2, -0.15) is 0 Å². The van der Waals surface area contributed by atoms with Gasteiger partial charge in [-0.1, -0.05) is 18.2 Å². The van der Waals surface area contributed by atoms with Crippen molar-refractivity contribution in [2.75, 3.05) is 19.7 Å². The highest BCUT2D eigenvalue weighted by atomic mass is 16.5. The summed E-state index contributed by atoms with van der Waals surface area (Å²) in [6, 6.07) is 8.18. The van der Waals surface area contributed by atoms with E-state index in [9.17, 15) is 4.79 Å². The van der Waals surface area contributed by atoms with Crippen LogP contribution in [0.1, 0.15) is 12.5 Å². The number of hydrogen-bond acceptors (Lipinski definition) is 2. The van der Waals surface area contributed by atoms with Gasteiger partial charge in [0.2, 0.25) is 5.91 Å². The Morgan fingerprint density at radius 2 is 2.12 bits per heavy atom. The van der Waals surface area contributed by atoms with Crippen LogP contribution < -0.4 is 4.74 Å². The van der Waals surface area contributed by atoms with Crippen LogP contribution in [0.3, 0.4) is 0 Å². The Bertz CT molecular complexity index is 435. The van der Waals surface area contributed by atoms with E-state index in [4.69, 9.17) is 4.74 Å². The van der Waals surface area contributed by atoms with Crippen molar-refractivity contribution < 1.29 is 9.53 Å². The Morgan fingerprint density at radius 3 is 2.88 bits per heavy atom. The average molecular weight is 217 g/mol. The molecule has 3 heteroatoms. The summed E-state index contributed by atoms with van der Waals surface area (Å²) in [5, 5.41) is 0. The molecule has 1 fully saturated rings. The number of nitrogens with zero attached hydrogens (tertiary/aromatic N) is 1. The maximum atomic E-state index is 11.2. The first kappa shape index (κ1) is 9.70. The van der Waals surface area contributed by atoms with Crippen molar-refractivity contribution in [1.82, 2.24) is 4.90 Å². The first-order valence-electron chi connectivity index (χ1n) is 5.65. The number of rotatable bonds is 0. The maximum Gasteiger partial charge on any atom is 0.219 e. The molecule has 0 unspecified atom stereocenters. The summed E-state index contributed by atoms with van der Waals surface area (Å²) >= 11 is 0. The lowest BCUT2D eigenvalue weighted by atomic mass is 9.74. The Balaban J connectivity index is 1.77. The Labute approximate surface area is 95.0 Å². The van der Waals surface area contributed by atoms with Crippen LogP contribution in [0.5, 0.6) is 5.75 Å². The minimum absolute atomic E-state index is 0.171. The van der Waals surface area contributed by atoms with Crippen molar-refractivity contribution in [2.24, 2.45) is 5.41 Å². The molecule has 0 radical (unpaired) electrons. The van der Waals surface area contributed by atoms with E-state index < -0.39 is 0 Å². The molecule has 1 aromatic carbocycles. The van der Waals surface area contributed by atoms with E-state index in [1.54, 1.807) is 6.92 Å². The monoisotopic (exact) mass is 217 g/mol. The molecule has 1 aromatic rings. The summed E-state index contributed by atoms with van der Waals surface area (Å²) in [4.78, 5) is 13.1. The fraction of sp³-hybridized carbons (Fsp3) is 0.462. The van der Waals surface area contributed by atoms with E-state index in [1.165, 1.54) is 5.56 Å². The number of amides is 1. The third-order valence-electron chi connectivity index (χ3n) is 3.57. The van der Waals surface area contributed by atoms with Crippen LogP contribution in [-0.2, 0) is 11.2 Å². The van der Waals surface area contributed by atoms with Gasteiger partial charge in [0.1, 0.15) is 5.75 Å². The summed E-state index contributed by atoms with van der Waals surface area (Å²) in [7, 11) is 0. The van der Waals surface area contributed by atoms with Crippen molar-refractivity contribution in [3.8, 4) is 5.75 Å². The van der Waals surface area contributed by atoms with E-state index in [2.05, 4.69) is 6.07 Å². The predicted octanol–water partition coefficient (Wildman–Crippen LogP) is 1.47. The van der Waals surface area contributed by atoms with Crippen LogP contribution in [0.2, 0.25) is 0 Å². The molecule has 2 heterocycles. The third kappa shape index (κ3) is 1.39. The van der Waals surface area contributed by atoms with E-state index in [0.29, 0.717) is 0 Å². The first-order chi connectivity index (χ1) is 7.69. The highest BCUT2D eigenvalue weighted by Gasteiger charge is 2.47. The number of ether oxygens (including phenoxy) is 1. The molecule has 1 spiro atoms. The molecule has 0 atom stereocenters. The number of para-hydroxylation sites is 1. The van der Waals surface area contributed by atoms with Crippen LogP contribution in [-0.4, -0.2) is 30.5 Å². The molecule has 1 amide bonds. The van der Waals surface area contributed by atoms with Gasteiger partial charge in [-0.05, 0) is 18.1 Å². The van der Waals surface area contributed by atoms with Gasteiger partial charge in [0.25, 0.3) is 0 Å². The summed E-state index contributed by atoms with van der Waals surface area (Å²) in [6.45, 7) is 4.06. The molecule has 3 rings (SSSR count). The van der Waals surface area contributed by atoms with Crippen molar-refractivity contribution in [2.45, 2.75) is 13.3 Å². The zero-order chi connectivity index (χ0) is 11.2. The molecule has 1 saturated heterocycles. The highest BCUT2D eigenvalue weighted by Crippen LogP contribution is 2.40. The number of hydrogen-bond donors (Lipinski definition) is 0. The first-order valence-corrected chi connectivity index (χ1v) is 5.65. The van der Waals surface area contributed by atoms with Gasteiger partial charge in [-0.15, -0.1) is 0 Å². The van der Waals surface area contributed by atoms with Crippen LogP contribution in [0.25, 0.3) is 0 Å². The van der Waals surface area contributed by atoms with Crippen molar-refractivity contribution in [3.05, 3.63) is 29.8 Å². The van der Waals surface area contributed by atoms with Gasteiger partial charge < -0.3 is 9.64 Å². The van der Waals surface area contributed by atoms with Crippen LogP contribution in [0.15, 0.2) is 24.3 Å². The van der Waals surface area contributed by atoms with Crippen LogP contribution >= 0.6 is 0 Å². The van der Waals surface area contributed by atoms with Crippen molar-refractivity contribution in [1.29, 1.82) is 0 Å². The fourth-order valence-electron chi connectivity index (χ4n) is 2.67. The van der Waals surface area contributed by atoms with Gasteiger partial charge in [0, 0.05) is 25.4 Å². The zero-order valence-corrected chi connectivity index (χ0v) is 9.40. The number of benzene rings is 1. The van der Waals surface area contributed by atoms with E-state index >= 15 is 0 Å². The molecule has 0 aliphatic carbocycles. The smallest absolute Gasteiger partial charge is 0.219 e. The molecule has 16 heavy (non-hydrogen) atoms. The van der Waals surface area contributed by atoms with E-state index in [1.807, 2.05) is 23.1 Å². The number of fused-ring (bicyclic) bond motifs is 1. The number of carbonyl (C=O) groups excluding carboxylic acids is 1. The molecule has 2 aliphatic rings. The molecule has 0 N–H and O–H groups in total. The minimum atomic E-state index is 0.171. The number of likely N-dealkylation sites (tertiary alicyclic amines) is 1. The predicted molar refractivity (Wildman–Crippen MR) is 60.3 cm³/mol. The lowest BCUT2D eigenvalue weighted by Crippen LogP contribution is -2.62. The molecule has 3 nitrogen and oxygen atoms in total. The summed E-state index contributed by atoms with van der Waals surface area (Å²) < 4.78 is 5.77. The highest BCUT2D eigenvalue weighted by molar-refractivity contribution is 5.74. The Kier molecular flexibility index (Phi) is 1.96. The van der Waals surface area contributed by atoms with Gasteiger partial charge in [-0.25, -0.2) is 0 Å². The standard InChI is InChI=1S/C13H15NO2/c1-10(15)14-7-13(8-14)6-11-4-2-3-5-12(11)16-9-13/h2-5H,6-9H2,1H3. The van der Waals surface area contributed by atoms with Crippen molar-refractivity contribution in [3.63, 3.8) is 0 Å². The third-order valence-corrected chi connectivity index (χ3v) is 3.57. The normalized spacial score (nSPS) is 20.9. The molecular weight excluding hydrogens is 202 g/mol. The van der Waals surface area contributed by atoms with Gasteiger partial charge in [-0.3, -0.25) is 4.79 Å². The summed E-state index contributed by atoms with van der Waals surface area (Å²) in [5.74, 6) is 1.18. The SMILES string of the molecule is CC(=O)N1CC2(COc3ccccc3C2)C1. The van der Waals surface area contributed by atoms with Crippen LogP contribution in [0, 0.1) is 5.41 Å². The Morgan fingerprint density at radius 1 is 1.38 bits per heavy atom. The lowest BCUT2D eigenvalue weighted by Gasteiger charge is -2.51. The van der Waals surface area contributed by atoms with Crippen molar-refractivity contribution >= 4 is 5.91 Å². The molecule has 2 aliphatic heterocycles. The Hall–Kier alpha value is -1.51. The largest absolute Gasteiger partial charge is 0.493 e. The maximum absolute atomic E-state index is 11.2. The molecule has 84 valence electrons. The second kappa shape index (κ2) is 3.24. The fourth-order valence-corrected chi connectivity index (χ4v) is 2.67. The second-order valence-corrected chi connectivity index (χ2v) is 4.95. The van der Waals surface area contributed by atoms with Crippen LogP contribution in [0.4, 0.5) is 0 Å². The molecule has 0 aromatic heterocycles. The quantitative estimate of drug-likeness (QED) is 0.658. The second-order valence-electron chi connectivity index (χ2n) is 4.95. The minimum Gasteiger partial charge on any atom is -0.493 e. The summed E-state index contributed by atoms with van der Waals surface area (Å²) in [6.07, 6.45) is 1.03. The summed E-state index contributed by atoms with van der Waals surface area (Å²) in [5.41, 5.74) is 1.46. The van der Waals surface area contributed by atoms with Gasteiger partial charge in [0.05, 0.1) is 6.61 Å².